The van der Waals surface area contributed by atoms with E-state index < -0.39 is 0 Å². The topological polar surface area (TPSA) is 89.4 Å². The minimum atomic E-state index is 0.00756. The normalized spacial score (nSPS) is 11.7. The van der Waals surface area contributed by atoms with Crippen LogP contribution in [0.25, 0.3) is 26.6 Å². The second-order valence-electron chi connectivity index (χ2n) is 7.57. The zero-order valence-electron chi connectivity index (χ0n) is 18.0. The van der Waals surface area contributed by atoms with Gasteiger partial charge in [-0.15, -0.1) is 0 Å². The van der Waals surface area contributed by atoms with Crippen LogP contribution in [0.1, 0.15) is 49.3 Å². The first-order valence-corrected chi connectivity index (χ1v) is 11.6. The second kappa shape index (κ2) is 9.64. The van der Waals surface area contributed by atoms with Crippen LogP contribution in [0.3, 0.4) is 0 Å². The number of aromatic nitrogens is 4. The van der Waals surface area contributed by atoms with E-state index in [1.54, 1.807) is 6.20 Å². The molecule has 31 heavy (non-hydrogen) atoms. The summed E-state index contributed by atoms with van der Waals surface area (Å²) in [6.45, 7) is 7.97. The molecular formula is C23H28N6OS. The third kappa shape index (κ3) is 4.66. The fourth-order valence-electron chi connectivity index (χ4n) is 3.65. The summed E-state index contributed by atoms with van der Waals surface area (Å²) in [5, 5.41) is 0. The number of hydrogen-bond acceptors (Lipinski definition) is 7. The summed E-state index contributed by atoms with van der Waals surface area (Å²) < 4.78 is 1.99. The van der Waals surface area contributed by atoms with Gasteiger partial charge in [0, 0.05) is 24.7 Å². The molecule has 0 saturated carbocycles. The average molecular weight is 437 g/mol. The molecule has 0 atom stereocenters. The largest absolute Gasteiger partial charge is 0.326 e. The first kappa shape index (κ1) is 21.5. The molecule has 0 radical (unpaired) electrons. The number of ketones is 1. The number of nitrogens with two attached hydrogens (primary N) is 1. The van der Waals surface area contributed by atoms with E-state index in [9.17, 15) is 4.79 Å². The predicted molar refractivity (Wildman–Crippen MR) is 125 cm³/mol. The van der Waals surface area contributed by atoms with E-state index in [0.29, 0.717) is 18.8 Å². The summed E-state index contributed by atoms with van der Waals surface area (Å²) >= 11 is 1.48. The van der Waals surface area contributed by atoms with E-state index in [-0.39, 0.29) is 5.78 Å². The SMILES string of the molecule is CCN(CC)CCCCC(=O)c1ncc2c(n1)sc1nc(-c3ccc(CN)cc3)cn12. The van der Waals surface area contributed by atoms with Crippen molar-refractivity contribution in [3.05, 3.63) is 48.0 Å². The van der Waals surface area contributed by atoms with Gasteiger partial charge in [0.05, 0.1) is 11.9 Å². The van der Waals surface area contributed by atoms with E-state index in [1.165, 1.54) is 11.3 Å². The van der Waals surface area contributed by atoms with Gasteiger partial charge in [-0.3, -0.25) is 9.20 Å². The number of unbranched alkanes of at least 4 members (excludes halogenated alkanes) is 1. The number of fused-ring (bicyclic) bond motifs is 3. The van der Waals surface area contributed by atoms with Crippen molar-refractivity contribution in [3.63, 3.8) is 0 Å². The molecule has 1 aromatic carbocycles. The fourth-order valence-corrected chi connectivity index (χ4v) is 4.61. The van der Waals surface area contributed by atoms with Crippen LogP contribution in [0.15, 0.2) is 36.7 Å². The number of carbonyl (C=O) groups is 1. The van der Waals surface area contributed by atoms with Crippen LogP contribution in [-0.4, -0.2) is 49.7 Å². The van der Waals surface area contributed by atoms with E-state index in [1.807, 2.05) is 34.9 Å². The molecule has 7 nitrogen and oxygen atoms in total. The van der Waals surface area contributed by atoms with Gasteiger partial charge in [-0.2, -0.15) is 0 Å². The average Bonchev–Trinajstić information content (AvgIpc) is 3.36. The van der Waals surface area contributed by atoms with Gasteiger partial charge in [-0.05, 0) is 38.0 Å². The highest BCUT2D eigenvalue weighted by molar-refractivity contribution is 7.23. The molecule has 0 bridgehead atoms. The van der Waals surface area contributed by atoms with Gasteiger partial charge in [0.25, 0.3) is 0 Å². The van der Waals surface area contributed by atoms with Gasteiger partial charge < -0.3 is 10.6 Å². The summed E-state index contributed by atoms with van der Waals surface area (Å²) in [4.78, 5) is 30.2. The lowest BCUT2D eigenvalue weighted by Crippen LogP contribution is -2.24. The number of Topliss-reactive ketones (excluding diaryl/α,β-unsaturated/α-hetero) is 1. The minimum absolute atomic E-state index is 0.00756. The lowest BCUT2D eigenvalue weighted by molar-refractivity contribution is 0.0968. The number of hydrogen-bond donors (Lipinski definition) is 1. The summed E-state index contributed by atoms with van der Waals surface area (Å²) in [7, 11) is 0. The van der Waals surface area contributed by atoms with Gasteiger partial charge in [-0.1, -0.05) is 49.4 Å². The second-order valence-corrected chi connectivity index (χ2v) is 8.53. The van der Waals surface area contributed by atoms with Crippen LogP contribution in [0.2, 0.25) is 0 Å². The summed E-state index contributed by atoms with van der Waals surface area (Å²) in [5.41, 5.74) is 9.57. The summed E-state index contributed by atoms with van der Waals surface area (Å²) in [6, 6.07) is 8.10. The Hall–Kier alpha value is -2.68. The Labute approximate surface area is 185 Å². The summed E-state index contributed by atoms with van der Waals surface area (Å²) in [6.07, 6.45) is 6.08. The Morgan fingerprint density at radius 2 is 1.90 bits per heavy atom. The quantitative estimate of drug-likeness (QED) is 0.297. The van der Waals surface area contributed by atoms with E-state index in [4.69, 9.17) is 10.7 Å². The fraction of sp³-hybridized carbons (Fsp3) is 0.391. The molecule has 0 saturated heterocycles. The molecule has 0 aliphatic heterocycles. The third-order valence-corrected chi connectivity index (χ3v) is 6.58. The molecule has 4 aromatic rings. The molecular weight excluding hydrogens is 408 g/mol. The predicted octanol–water partition coefficient (Wildman–Crippen LogP) is 4.16. The number of imidazole rings is 1. The Bertz CT molecular complexity index is 1180. The van der Waals surface area contributed by atoms with Gasteiger partial charge in [-0.25, -0.2) is 15.0 Å². The Balaban J connectivity index is 1.47. The molecule has 0 aliphatic carbocycles. The maximum absolute atomic E-state index is 12.6. The van der Waals surface area contributed by atoms with Gasteiger partial charge in [0.1, 0.15) is 10.3 Å². The first-order chi connectivity index (χ1) is 15.1. The lowest BCUT2D eigenvalue weighted by Gasteiger charge is -2.17. The number of carbonyl (C=O) groups excluding carboxylic acids is 1. The monoisotopic (exact) mass is 436 g/mol. The highest BCUT2D eigenvalue weighted by Gasteiger charge is 2.15. The molecule has 0 aliphatic rings. The molecule has 8 heteroatoms. The molecule has 4 rings (SSSR count). The molecule has 2 N–H and O–H groups in total. The highest BCUT2D eigenvalue weighted by Crippen LogP contribution is 2.28. The van der Waals surface area contributed by atoms with Crippen molar-refractivity contribution in [1.82, 2.24) is 24.3 Å². The van der Waals surface area contributed by atoms with Gasteiger partial charge in [0.15, 0.2) is 16.6 Å². The van der Waals surface area contributed by atoms with E-state index in [0.717, 1.165) is 64.6 Å². The van der Waals surface area contributed by atoms with Crippen molar-refractivity contribution in [3.8, 4) is 11.3 Å². The lowest BCUT2D eigenvalue weighted by atomic mass is 10.1. The van der Waals surface area contributed by atoms with Crippen LogP contribution >= 0.6 is 11.3 Å². The number of thiazole rings is 1. The molecule has 3 heterocycles. The van der Waals surface area contributed by atoms with E-state index >= 15 is 0 Å². The van der Waals surface area contributed by atoms with Crippen molar-refractivity contribution in [2.45, 2.75) is 39.7 Å². The maximum atomic E-state index is 12.6. The van der Waals surface area contributed by atoms with Crippen molar-refractivity contribution < 1.29 is 4.79 Å². The number of benzene rings is 1. The van der Waals surface area contributed by atoms with Crippen molar-refractivity contribution >= 4 is 32.4 Å². The Morgan fingerprint density at radius 1 is 1.13 bits per heavy atom. The molecule has 0 fully saturated rings. The van der Waals surface area contributed by atoms with E-state index in [2.05, 4.69) is 28.7 Å². The van der Waals surface area contributed by atoms with Crippen molar-refractivity contribution in [2.24, 2.45) is 5.73 Å². The zero-order valence-corrected chi connectivity index (χ0v) is 18.9. The molecule has 0 unspecified atom stereocenters. The zero-order chi connectivity index (χ0) is 21.8. The molecule has 0 spiro atoms. The standard InChI is InChI=1S/C23H28N6OS/c1-3-28(4-2)12-6-5-7-20(30)21-25-14-19-22(27-21)31-23-26-18(15-29(19)23)17-10-8-16(13-24)9-11-17/h8-11,14-15H,3-7,12-13,24H2,1-2H3. The maximum Gasteiger partial charge on any atom is 0.200 e. The van der Waals surface area contributed by atoms with Crippen LogP contribution in [0.5, 0.6) is 0 Å². The van der Waals surface area contributed by atoms with Gasteiger partial charge in [0.2, 0.25) is 0 Å². The van der Waals surface area contributed by atoms with Crippen LogP contribution in [0.4, 0.5) is 0 Å². The van der Waals surface area contributed by atoms with Crippen molar-refractivity contribution in [2.75, 3.05) is 19.6 Å². The Morgan fingerprint density at radius 3 is 2.61 bits per heavy atom. The Kier molecular flexibility index (Phi) is 6.70. The highest BCUT2D eigenvalue weighted by atomic mass is 32.1. The smallest absolute Gasteiger partial charge is 0.200 e. The summed E-state index contributed by atoms with van der Waals surface area (Å²) in [5.74, 6) is 0.311. The number of rotatable bonds is 10. The molecule has 3 aromatic heterocycles. The molecule has 0 amide bonds. The van der Waals surface area contributed by atoms with Crippen LogP contribution in [-0.2, 0) is 6.54 Å². The molecule has 162 valence electrons. The first-order valence-electron chi connectivity index (χ1n) is 10.8. The number of nitrogens with zero attached hydrogens (tertiary/aromatic N) is 5. The van der Waals surface area contributed by atoms with Gasteiger partial charge >= 0.3 is 0 Å². The van der Waals surface area contributed by atoms with Crippen molar-refractivity contribution in [1.29, 1.82) is 0 Å². The minimum Gasteiger partial charge on any atom is -0.326 e. The van der Waals surface area contributed by atoms with Crippen LogP contribution < -0.4 is 5.73 Å². The van der Waals surface area contributed by atoms with Crippen LogP contribution in [0, 0.1) is 0 Å². The third-order valence-electron chi connectivity index (χ3n) is 5.61.